The molecule has 0 aliphatic carbocycles. The molecule has 0 saturated heterocycles. The fourth-order valence-corrected chi connectivity index (χ4v) is 2.07. The van der Waals surface area contributed by atoms with Crippen molar-refractivity contribution in [3.05, 3.63) is 23.9 Å². The van der Waals surface area contributed by atoms with E-state index in [0.29, 0.717) is 12.1 Å². The minimum Gasteiger partial charge on any atom is -0.383 e. The maximum absolute atomic E-state index is 5.16. The number of methoxy groups -OCH3 is 1. The molecule has 0 fully saturated rings. The highest BCUT2D eigenvalue weighted by atomic mass is 16.5. The van der Waals surface area contributed by atoms with Gasteiger partial charge in [-0.2, -0.15) is 0 Å². The van der Waals surface area contributed by atoms with Gasteiger partial charge in [-0.1, -0.05) is 13.0 Å². The third kappa shape index (κ3) is 4.80. The van der Waals surface area contributed by atoms with E-state index < -0.39 is 0 Å². The highest BCUT2D eigenvalue weighted by Gasteiger charge is 2.12. The molecule has 1 rings (SSSR count). The van der Waals surface area contributed by atoms with Gasteiger partial charge in [-0.15, -0.1) is 0 Å². The minimum absolute atomic E-state index is 0.345. The van der Waals surface area contributed by atoms with Crippen LogP contribution in [0.3, 0.4) is 0 Å². The highest BCUT2D eigenvalue weighted by molar-refractivity contribution is 5.40. The molecular formula is C15H27N3O. The molecule has 0 aliphatic rings. The summed E-state index contributed by atoms with van der Waals surface area (Å²) in [6.45, 7) is 11.2. The number of pyridine rings is 1. The summed E-state index contributed by atoms with van der Waals surface area (Å²) in [4.78, 5) is 6.84. The summed E-state index contributed by atoms with van der Waals surface area (Å²) >= 11 is 0. The lowest BCUT2D eigenvalue weighted by atomic mass is 10.1. The first-order valence-electron chi connectivity index (χ1n) is 7.05. The number of hydrogen-bond donors (Lipinski definition) is 1. The summed E-state index contributed by atoms with van der Waals surface area (Å²) in [5.41, 5.74) is 1.22. The quantitative estimate of drug-likeness (QED) is 0.784. The Morgan fingerprint density at radius 1 is 1.32 bits per heavy atom. The van der Waals surface area contributed by atoms with Crippen molar-refractivity contribution in [2.24, 2.45) is 0 Å². The first kappa shape index (κ1) is 15.9. The molecule has 0 bridgehead atoms. The van der Waals surface area contributed by atoms with Crippen LogP contribution in [0.4, 0.5) is 5.82 Å². The number of rotatable bonds is 8. The van der Waals surface area contributed by atoms with E-state index in [-0.39, 0.29) is 0 Å². The fourth-order valence-electron chi connectivity index (χ4n) is 2.07. The van der Waals surface area contributed by atoms with Gasteiger partial charge in [-0.3, -0.25) is 0 Å². The van der Waals surface area contributed by atoms with Gasteiger partial charge < -0.3 is 15.0 Å². The molecule has 1 aromatic rings. The number of nitrogens with zero attached hydrogens (tertiary/aromatic N) is 2. The number of hydrogen-bond acceptors (Lipinski definition) is 4. The smallest absolute Gasteiger partial charge is 0.128 e. The average molecular weight is 265 g/mol. The highest BCUT2D eigenvalue weighted by Crippen LogP contribution is 2.17. The molecule has 1 atom stereocenters. The van der Waals surface area contributed by atoms with Crippen LogP contribution >= 0.6 is 0 Å². The van der Waals surface area contributed by atoms with Crippen LogP contribution in [0, 0.1) is 0 Å². The van der Waals surface area contributed by atoms with Gasteiger partial charge in [0.2, 0.25) is 0 Å². The first-order valence-corrected chi connectivity index (χ1v) is 7.05. The molecule has 0 radical (unpaired) electrons. The molecule has 0 saturated carbocycles. The number of anilines is 1. The molecule has 4 heteroatoms. The zero-order valence-electron chi connectivity index (χ0n) is 12.8. The van der Waals surface area contributed by atoms with Crippen LogP contribution in [0.25, 0.3) is 0 Å². The van der Waals surface area contributed by atoms with Crippen molar-refractivity contribution in [1.29, 1.82) is 0 Å². The summed E-state index contributed by atoms with van der Waals surface area (Å²) in [6, 6.07) is 5.01. The first-order chi connectivity index (χ1) is 9.10. The summed E-state index contributed by atoms with van der Waals surface area (Å²) in [7, 11) is 1.73. The Labute approximate surface area is 117 Å². The number of ether oxygens (including phenoxy) is 1. The molecule has 0 spiro atoms. The van der Waals surface area contributed by atoms with Crippen molar-refractivity contribution in [1.82, 2.24) is 10.3 Å². The maximum Gasteiger partial charge on any atom is 0.128 e. The lowest BCUT2D eigenvalue weighted by Crippen LogP contribution is -2.34. The zero-order chi connectivity index (χ0) is 14.3. The average Bonchev–Trinajstić information content (AvgIpc) is 2.40. The van der Waals surface area contributed by atoms with Crippen LogP contribution in [-0.4, -0.2) is 37.8 Å². The van der Waals surface area contributed by atoms with Crippen molar-refractivity contribution >= 4 is 5.82 Å². The largest absolute Gasteiger partial charge is 0.383 e. The topological polar surface area (TPSA) is 37.4 Å². The number of aromatic nitrogens is 1. The standard InChI is InChI=1S/C15H27N3O/c1-6-16-13(4)14-7-8-15(17-11-14)18(12(2)3)9-10-19-5/h7-8,11-13,16H,6,9-10H2,1-5H3. The molecule has 1 aromatic heterocycles. The van der Waals surface area contributed by atoms with Gasteiger partial charge in [0, 0.05) is 31.9 Å². The second-order valence-electron chi connectivity index (χ2n) is 5.01. The Balaban J connectivity index is 2.77. The lowest BCUT2D eigenvalue weighted by molar-refractivity contribution is 0.203. The Hall–Kier alpha value is -1.13. The molecular weight excluding hydrogens is 238 g/mol. The van der Waals surface area contributed by atoms with Crippen LogP contribution in [0.1, 0.15) is 39.3 Å². The summed E-state index contributed by atoms with van der Waals surface area (Å²) in [5, 5.41) is 3.39. The van der Waals surface area contributed by atoms with Crippen LogP contribution in [0.15, 0.2) is 18.3 Å². The van der Waals surface area contributed by atoms with E-state index in [1.54, 1.807) is 7.11 Å². The van der Waals surface area contributed by atoms with Crippen molar-refractivity contribution in [2.45, 2.75) is 39.8 Å². The van der Waals surface area contributed by atoms with Crippen LogP contribution in [0.2, 0.25) is 0 Å². The van der Waals surface area contributed by atoms with Crippen molar-refractivity contribution in [2.75, 3.05) is 31.7 Å². The van der Waals surface area contributed by atoms with Gasteiger partial charge in [0.15, 0.2) is 0 Å². The Morgan fingerprint density at radius 2 is 2.05 bits per heavy atom. The van der Waals surface area contributed by atoms with Gasteiger partial charge in [-0.05, 0) is 38.9 Å². The van der Waals surface area contributed by atoms with E-state index in [4.69, 9.17) is 4.74 Å². The third-order valence-corrected chi connectivity index (χ3v) is 3.23. The molecule has 1 N–H and O–H groups in total. The van der Waals surface area contributed by atoms with Crippen LogP contribution < -0.4 is 10.2 Å². The van der Waals surface area contributed by atoms with E-state index in [1.807, 2.05) is 6.20 Å². The van der Waals surface area contributed by atoms with E-state index in [9.17, 15) is 0 Å². The van der Waals surface area contributed by atoms with Crippen molar-refractivity contribution in [3.63, 3.8) is 0 Å². The van der Waals surface area contributed by atoms with Crippen LogP contribution in [-0.2, 0) is 4.74 Å². The second-order valence-corrected chi connectivity index (χ2v) is 5.01. The van der Waals surface area contributed by atoms with E-state index in [1.165, 1.54) is 5.56 Å². The molecule has 19 heavy (non-hydrogen) atoms. The second kappa shape index (κ2) is 8.12. The van der Waals surface area contributed by atoms with Gasteiger partial charge >= 0.3 is 0 Å². The molecule has 1 heterocycles. The summed E-state index contributed by atoms with van der Waals surface area (Å²) in [6.07, 6.45) is 1.96. The SMILES string of the molecule is CCNC(C)c1ccc(N(CCOC)C(C)C)nc1. The molecule has 0 aromatic carbocycles. The van der Waals surface area contributed by atoms with Gasteiger partial charge in [0.25, 0.3) is 0 Å². The normalized spacial score (nSPS) is 12.7. The predicted molar refractivity (Wildman–Crippen MR) is 80.7 cm³/mol. The summed E-state index contributed by atoms with van der Waals surface area (Å²) < 4.78 is 5.16. The Bertz CT molecular complexity index is 351. The molecule has 0 aliphatic heterocycles. The Morgan fingerprint density at radius 3 is 2.53 bits per heavy atom. The van der Waals surface area contributed by atoms with Gasteiger partial charge in [0.05, 0.1) is 6.61 Å². The maximum atomic E-state index is 5.16. The van der Waals surface area contributed by atoms with E-state index >= 15 is 0 Å². The summed E-state index contributed by atoms with van der Waals surface area (Å²) in [5.74, 6) is 1.01. The molecule has 0 amide bonds. The molecule has 4 nitrogen and oxygen atoms in total. The molecule has 1 unspecified atom stereocenters. The van der Waals surface area contributed by atoms with E-state index in [2.05, 4.69) is 55.0 Å². The predicted octanol–water partition coefficient (Wildman–Crippen LogP) is 2.61. The number of nitrogens with one attached hydrogen (secondary N) is 1. The van der Waals surface area contributed by atoms with Gasteiger partial charge in [0.1, 0.15) is 5.82 Å². The fraction of sp³-hybridized carbons (Fsp3) is 0.667. The lowest BCUT2D eigenvalue weighted by Gasteiger charge is -2.28. The minimum atomic E-state index is 0.345. The Kier molecular flexibility index (Phi) is 6.81. The molecule has 108 valence electrons. The van der Waals surface area contributed by atoms with E-state index in [0.717, 1.165) is 25.5 Å². The van der Waals surface area contributed by atoms with Gasteiger partial charge in [-0.25, -0.2) is 4.98 Å². The third-order valence-electron chi connectivity index (χ3n) is 3.23. The monoisotopic (exact) mass is 265 g/mol. The van der Waals surface area contributed by atoms with Crippen molar-refractivity contribution in [3.8, 4) is 0 Å². The zero-order valence-corrected chi connectivity index (χ0v) is 12.8. The van der Waals surface area contributed by atoms with Crippen LogP contribution in [0.5, 0.6) is 0 Å². The van der Waals surface area contributed by atoms with Crippen molar-refractivity contribution < 1.29 is 4.74 Å².